The molecule has 0 heterocycles. The van der Waals surface area contributed by atoms with E-state index in [2.05, 4.69) is 31.3 Å². The van der Waals surface area contributed by atoms with Crippen molar-refractivity contribution in [2.24, 2.45) is 9.98 Å². The topological polar surface area (TPSA) is 196 Å². The fraction of sp³-hybridized carbons (Fsp3) is 0.581. The Morgan fingerprint density at radius 3 is 1.14 bits per heavy atom. The minimum atomic E-state index is -0.739. The van der Waals surface area contributed by atoms with Crippen molar-refractivity contribution in [2.45, 2.75) is 138 Å². The second kappa shape index (κ2) is 24.4. The third-order valence-corrected chi connectivity index (χ3v) is 7.18. The van der Waals surface area contributed by atoms with Crippen molar-refractivity contribution in [1.29, 1.82) is 0 Å². The number of rotatable bonds is 16. The molecule has 2 aromatic carbocycles. The maximum atomic E-state index is 12.3. The van der Waals surface area contributed by atoms with E-state index in [9.17, 15) is 19.2 Å². The van der Waals surface area contributed by atoms with Crippen LogP contribution in [0.1, 0.15) is 113 Å². The van der Waals surface area contributed by atoms with E-state index < -0.39 is 41.2 Å². The van der Waals surface area contributed by atoms with Crippen molar-refractivity contribution in [2.75, 3.05) is 26.3 Å². The van der Waals surface area contributed by atoms with Crippen molar-refractivity contribution in [3.8, 4) is 11.5 Å². The summed E-state index contributed by atoms with van der Waals surface area (Å²) in [7, 11) is 0. The van der Waals surface area contributed by atoms with Gasteiger partial charge in [-0.1, -0.05) is 24.3 Å². The molecule has 0 aliphatic heterocycles. The largest absolute Gasteiger partial charge is 0.494 e. The van der Waals surface area contributed by atoms with Crippen molar-refractivity contribution in [3.63, 3.8) is 0 Å². The monoisotopic (exact) mass is 826 g/mol. The summed E-state index contributed by atoms with van der Waals surface area (Å²) >= 11 is 0. The smallest absolute Gasteiger partial charge is 0.414 e. The van der Waals surface area contributed by atoms with Crippen molar-refractivity contribution in [1.82, 2.24) is 21.3 Å². The van der Waals surface area contributed by atoms with Crippen LogP contribution in [-0.4, -0.2) is 85.5 Å². The molecule has 0 radical (unpaired) electrons. The number of benzene rings is 2. The first kappa shape index (κ1) is 49.6. The van der Waals surface area contributed by atoms with E-state index in [4.69, 9.17) is 28.4 Å². The van der Waals surface area contributed by atoms with Crippen LogP contribution in [0.15, 0.2) is 58.5 Å². The third-order valence-electron chi connectivity index (χ3n) is 7.18. The van der Waals surface area contributed by atoms with Gasteiger partial charge >= 0.3 is 24.4 Å². The van der Waals surface area contributed by atoms with E-state index in [0.29, 0.717) is 39.1 Å². The molecule has 0 aliphatic carbocycles. The number of nitrogens with one attached hydrogen (secondary N) is 4. The van der Waals surface area contributed by atoms with Gasteiger partial charge in [-0.25, -0.2) is 19.2 Å². The van der Waals surface area contributed by atoms with Gasteiger partial charge in [0.15, 0.2) is 0 Å². The van der Waals surface area contributed by atoms with Gasteiger partial charge in [0, 0.05) is 13.1 Å². The van der Waals surface area contributed by atoms with E-state index in [1.807, 2.05) is 48.5 Å². The molecule has 0 unspecified atom stereocenters. The highest BCUT2D eigenvalue weighted by Crippen LogP contribution is 2.16. The molecule has 0 saturated heterocycles. The summed E-state index contributed by atoms with van der Waals surface area (Å²) in [6.07, 6.45) is 1.68. The number of unbranched alkanes of at least 4 members (excludes halogenated alkanes) is 3. The van der Waals surface area contributed by atoms with Crippen molar-refractivity contribution < 1.29 is 47.6 Å². The zero-order chi connectivity index (χ0) is 44.1. The summed E-state index contributed by atoms with van der Waals surface area (Å²) in [6, 6.07) is 15.5. The van der Waals surface area contributed by atoms with Crippen LogP contribution in [0, 0.1) is 0 Å². The third kappa shape index (κ3) is 25.4. The zero-order valence-corrected chi connectivity index (χ0v) is 36.7. The first-order chi connectivity index (χ1) is 27.5. The molecule has 0 fully saturated rings. The van der Waals surface area contributed by atoms with E-state index in [1.54, 1.807) is 76.2 Å². The highest BCUT2D eigenvalue weighted by atomic mass is 16.6. The summed E-state index contributed by atoms with van der Waals surface area (Å²) in [5.74, 6) is 1.44. The molecule has 16 heteroatoms. The minimum absolute atomic E-state index is 0.0510. The maximum Gasteiger partial charge on any atom is 0.414 e. The van der Waals surface area contributed by atoms with Gasteiger partial charge in [-0.05, 0) is 150 Å². The van der Waals surface area contributed by atoms with E-state index in [1.165, 1.54) is 0 Å². The van der Waals surface area contributed by atoms with Gasteiger partial charge in [-0.15, -0.1) is 0 Å². The summed E-state index contributed by atoms with van der Waals surface area (Å²) in [5.41, 5.74) is -0.127. The second-order valence-corrected chi connectivity index (χ2v) is 16.8. The number of aliphatic imine (C=N–C) groups is 2. The Kier molecular flexibility index (Phi) is 20.5. The number of hydrogen-bond donors (Lipinski definition) is 4. The van der Waals surface area contributed by atoms with Crippen LogP contribution in [0.4, 0.5) is 19.2 Å². The van der Waals surface area contributed by atoms with Crippen LogP contribution in [0.5, 0.6) is 11.5 Å². The van der Waals surface area contributed by atoms with Crippen LogP contribution in [0.25, 0.3) is 0 Å². The molecule has 0 aromatic heterocycles. The first-order valence-electron chi connectivity index (χ1n) is 20.1. The Morgan fingerprint density at radius 2 is 0.831 bits per heavy atom. The normalized spacial score (nSPS) is 11.8. The second-order valence-electron chi connectivity index (χ2n) is 16.8. The molecule has 59 heavy (non-hydrogen) atoms. The SMILES string of the molecule is CC(C)OC(=O)NC(=NCCc1ccc(OCCCCCCOc2ccc(CCN=C(NC(=O)OC(C)(C)C)NC(=O)OC(C)(C)C)cc2)cc1)NC(=O)OC(C)(C)C. The lowest BCUT2D eigenvalue weighted by Crippen LogP contribution is -2.47. The molecular formula is C43H66N6O10. The lowest BCUT2D eigenvalue weighted by Gasteiger charge is -2.22. The van der Waals surface area contributed by atoms with Crippen molar-refractivity contribution in [3.05, 3.63) is 59.7 Å². The predicted molar refractivity (Wildman–Crippen MR) is 227 cm³/mol. The van der Waals surface area contributed by atoms with E-state index in [-0.39, 0.29) is 18.0 Å². The lowest BCUT2D eigenvalue weighted by atomic mass is 10.1. The number of amides is 4. The molecule has 328 valence electrons. The first-order valence-corrected chi connectivity index (χ1v) is 20.1. The van der Waals surface area contributed by atoms with Crippen LogP contribution < -0.4 is 30.7 Å². The number of alkyl carbamates (subject to hydrolysis) is 4. The van der Waals surface area contributed by atoms with Gasteiger partial charge in [-0.3, -0.25) is 31.3 Å². The van der Waals surface area contributed by atoms with Crippen LogP contribution >= 0.6 is 0 Å². The highest BCUT2D eigenvalue weighted by Gasteiger charge is 2.22. The molecule has 0 spiro atoms. The summed E-state index contributed by atoms with van der Waals surface area (Å²) < 4.78 is 32.8. The average Bonchev–Trinajstić information content (AvgIpc) is 3.07. The molecule has 4 N–H and O–H groups in total. The Hall–Kier alpha value is -5.54. The number of nitrogens with zero attached hydrogens (tertiary/aromatic N) is 2. The Morgan fingerprint density at radius 1 is 0.508 bits per heavy atom. The number of guanidine groups is 2. The van der Waals surface area contributed by atoms with Gasteiger partial charge < -0.3 is 28.4 Å². The number of ether oxygens (including phenoxy) is 6. The Labute approximate surface area is 349 Å². The Balaban J connectivity index is 1.71. The van der Waals surface area contributed by atoms with Gasteiger partial charge in [0.05, 0.1) is 19.3 Å². The van der Waals surface area contributed by atoms with Crippen LogP contribution in [0.3, 0.4) is 0 Å². The van der Waals surface area contributed by atoms with E-state index >= 15 is 0 Å². The fourth-order valence-corrected chi connectivity index (χ4v) is 4.80. The molecule has 0 bridgehead atoms. The number of hydrogen-bond acceptors (Lipinski definition) is 12. The molecule has 16 nitrogen and oxygen atoms in total. The number of carbonyl (C=O) groups excluding carboxylic acids is 4. The lowest BCUT2D eigenvalue weighted by molar-refractivity contribution is 0.0533. The molecule has 0 saturated carbocycles. The highest BCUT2D eigenvalue weighted by molar-refractivity contribution is 6.02. The summed E-state index contributed by atoms with van der Waals surface area (Å²) in [4.78, 5) is 57.7. The summed E-state index contributed by atoms with van der Waals surface area (Å²) in [5, 5.41) is 9.91. The van der Waals surface area contributed by atoms with Crippen LogP contribution in [0.2, 0.25) is 0 Å². The number of carbonyl (C=O) groups is 4. The standard InChI is InChI=1S/C43H66N6O10/c1-30(2)56-37(50)46-35(47-38(51)57-41(3,4)5)44-26-24-31-16-20-33(21-17-31)54-28-14-12-13-15-29-55-34-22-18-32(19-23-34)25-27-45-36(48-39(52)58-42(6,7)8)49-40(53)59-43(9,10)11/h16-23,30H,12-15,24-29H2,1-11H3,(H2,44,46,47,50,51)(H2,45,48,49,52,53). The van der Waals surface area contributed by atoms with Gasteiger partial charge in [0.25, 0.3) is 0 Å². The summed E-state index contributed by atoms with van der Waals surface area (Å²) in [6.45, 7) is 20.9. The Bertz CT molecular complexity index is 1640. The molecule has 2 rings (SSSR count). The van der Waals surface area contributed by atoms with Crippen LogP contribution in [-0.2, 0) is 31.8 Å². The molecular weight excluding hydrogens is 761 g/mol. The van der Waals surface area contributed by atoms with E-state index in [0.717, 1.165) is 48.3 Å². The average molecular weight is 827 g/mol. The molecule has 0 aliphatic rings. The van der Waals surface area contributed by atoms with Gasteiger partial charge in [0.1, 0.15) is 28.3 Å². The van der Waals surface area contributed by atoms with Gasteiger partial charge in [-0.2, -0.15) is 0 Å². The molecule has 0 atom stereocenters. The molecule has 4 amide bonds. The molecule has 2 aromatic rings. The maximum absolute atomic E-state index is 12.3. The zero-order valence-electron chi connectivity index (χ0n) is 36.7. The predicted octanol–water partition coefficient (Wildman–Crippen LogP) is 8.21. The van der Waals surface area contributed by atoms with Gasteiger partial charge in [0.2, 0.25) is 11.9 Å². The van der Waals surface area contributed by atoms with Crippen molar-refractivity contribution >= 4 is 36.3 Å². The fourth-order valence-electron chi connectivity index (χ4n) is 4.80. The quantitative estimate of drug-likeness (QED) is 0.0554. The minimum Gasteiger partial charge on any atom is -0.494 e.